The first-order valence-electron chi connectivity index (χ1n) is 6.94. The number of anilines is 2. The summed E-state index contributed by atoms with van der Waals surface area (Å²) in [6, 6.07) is 11.4. The molecule has 2 N–H and O–H groups in total. The fraction of sp³-hybridized carbons (Fsp3) is 0.250. The Bertz CT molecular complexity index is 646. The number of fused-ring (bicyclic) bond motifs is 1. The highest BCUT2D eigenvalue weighted by molar-refractivity contribution is 5.96. The Morgan fingerprint density at radius 3 is 2.82 bits per heavy atom. The summed E-state index contributed by atoms with van der Waals surface area (Å²) in [5.74, 6) is 1.36. The number of benzene rings is 1. The molecule has 0 bridgehead atoms. The SMILES string of the molecule is CNc1ccc(NC(=O)C2CCOc3ccccc32)cn1.Cl. The number of pyridine rings is 1. The minimum absolute atomic E-state index is 0. The summed E-state index contributed by atoms with van der Waals surface area (Å²) < 4.78 is 5.58. The number of hydrogen-bond donors (Lipinski definition) is 2. The van der Waals surface area contributed by atoms with E-state index >= 15 is 0 Å². The number of carbonyl (C=O) groups is 1. The monoisotopic (exact) mass is 319 g/mol. The molecule has 1 aliphatic rings. The second-order valence-electron chi connectivity index (χ2n) is 4.90. The van der Waals surface area contributed by atoms with Gasteiger partial charge >= 0.3 is 0 Å². The van der Waals surface area contributed by atoms with Crippen molar-refractivity contribution in [3.8, 4) is 5.75 Å². The van der Waals surface area contributed by atoms with Crippen molar-refractivity contribution in [2.75, 3.05) is 24.3 Å². The molecular formula is C16H18ClN3O2. The zero-order chi connectivity index (χ0) is 14.7. The molecule has 116 valence electrons. The third-order valence-electron chi connectivity index (χ3n) is 3.56. The van der Waals surface area contributed by atoms with Crippen molar-refractivity contribution in [1.82, 2.24) is 4.98 Å². The molecule has 1 aromatic carbocycles. The number of nitrogens with one attached hydrogen (secondary N) is 2. The van der Waals surface area contributed by atoms with Crippen molar-refractivity contribution < 1.29 is 9.53 Å². The van der Waals surface area contributed by atoms with E-state index in [1.54, 1.807) is 13.2 Å². The van der Waals surface area contributed by atoms with Gasteiger partial charge in [-0.25, -0.2) is 4.98 Å². The van der Waals surface area contributed by atoms with Crippen molar-refractivity contribution in [3.05, 3.63) is 48.2 Å². The van der Waals surface area contributed by atoms with E-state index in [2.05, 4.69) is 15.6 Å². The summed E-state index contributed by atoms with van der Waals surface area (Å²) in [4.78, 5) is 16.7. The molecule has 2 heterocycles. The number of aromatic nitrogens is 1. The zero-order valence-corrected chi connectivity index (χ0v) is 13.0. The number of carbonyl (C=O) groups excluding carboxylic acids is 1. The van der Waals surface area contributed by atoms with Crippen molar-refractivity contribution in [3.63, 3.8) is 0 Å². The highest BCUT2D eigenvalue weighted by atomic mass is 35.5. The summed E-state index contributed by atoms with van der Waals surface area (Å²) >= 11 is 0. The van der Waals surface area contributed by atoms with Crippen LogP contribution in [0.3, 0.4) is 0 Å². The number of halogens is 1. The summed E-state index contributed by atoms with van der Waals surface area (Å²) in [5, 5.41) is 5.86. The van der Waals surface area contributed by atoms with Crippen LogP contribution in [0.1, 0.15) is 17.9 Å². The zero-order valence-electron chi connectivity index (χ0n) is 12.2. The van der Waals surface area contributed by atoms with Crippen LogP contribution in [-0.2, 0) is 4.79 Å². The maximum absolute atomic E-state index is 12.5. The van der Waals surface area contributed by atoms with Crippen molar-refractivity contribution in [2.45, 2.75) is 12.3 Å². The first-order chi connectivity index (χ1) is 10.3. The number of nitrogens with zero attached hydrogens (tertiary/aromatic N) is 1. The van der Waals surface area contributed by atoms with Gasteiger partial charge in [-0.1, -0.05) is 18.2 Å². The Morgan fingerprint density at radius 2 is 2.09 bits per heavy atom. The number of para-hydroxylation sites is 1. The molecule has 3 rings (SSSR count). The molecule has 0 saturated carbocycles. The van der Waals surface area contributed by atoms with Crippen molar-refractivity contribution in [1.29, 1.82) is 0 Å². The van der Waals surface area contributed by atoms with E-state index in [-0.39, 0.29) is 24.2 Å². The molecule has 1 aromatic heterocycles. The second kappa shape index (κ2) is 7.13. The molecule has 5 nitrogen and oxygen atoms in total. The standard InChI is InChI=1S/C16H17N3O2.ClH/c1-17-15-7-6-11(10-18-15)19-16(20)13-8-9-21-14-5-3-2-4-12(13)14;/h2-7,10,13H,8-9H2,1H3,(H,17,18)(H,19,20);1H. The third kappa shape index (κ3) is 3.31. The number of ether oxygens (including phenoxy) is 1. The van der Waals surface area contributed by atoms with Crippen LogP contribution in [0.2, 0.25) is 0 Å². The van der Waals surface area contributed by atoms with Gasteiger partial charge in [-0.2, -0.15) is 0 Å². The molecular weight excluding hydrogens is 302 g/mol. The lowest BCUT2D eigenvalue weighted by atomic mass is 9.92. The number of amides is 1. The Labute approximate surface area is 135 Å². The van der Waals surface area contributed by atoms with Crippen LogP contribution in [0.15, 0.2) is 42.6 Å². The van der Waals surface area contributed by atoms with E-state index in [9.17, 15) is 4.79 Å². The van der Waals surface area contributed by atoms with Gasteiger partial charge in [-0.15, -0.1) is 12.4 Å². The minimum atomic E-state index is -0.182. The molecule has 1 atom stereocenters. The second-order valence-corrected chi connectivity index (χ2v) is 4.90. The Kier molecular flexibility index (Phi) is 5.22. The maximum atomic E-state index is 12.5. The highest BCUT2D eigenvalue weighted by Crippen LogP contribution is 2.34. The van der Waals surface area contributed by atoms with Gasteiger partial charge in [0.15, 0.2) is 0 Å². The fourth-order valence-electron chi connectivity index (χ4n) is 2.46. The average molecular weight is 320 g/mol. The van der Waals surface area contributed by atoms with E-state index in [0.717, 1.165) is 17.1 Å². The minimum Gasteiger partial charge on any atom is -0.493 e. The first kappa shape index (κ1) is 16.1. The van der Waals surface area contributed by atoms with Crippen LogP contribution in [0, 0.1) is 0 Å². The molecule has 0 fully saturated rings. The Hall–Kier alpha value is -2.27. The average Bonchev–Trinajstić information content (AvgIpc) is 2.55. The smallest absolute Gasteiger partial charge is 0.232 e. The summed E-state index contributed by atoms with van der Waals surface area (Å²) in [6.07, 6.45) is 2.33. The van der Waals surface area contributed by atoms with Gasteiger partial charge in [-0.05, 0) is 24.6 Å². The lowest BCUT2D eigenvalue weighted by molar-refractivity contribution is -0.118. The van der Waals surface area contributed by atoms with Crippen molar-refractivity contribution >= 4 is 29.8 Å². The lowest BCUT2D eigenvalue weighted by Gasteiger charge is -2.25. The van der Waals surface area contributed by atoms with Crippen LogP contribution < -0.4 is 15.4 Å². The molecule has 6 heteroatoms. The Balaban J connectivity index is 0.00000176. The number of rotatable bonds is 3. The predicted molar refractivity (Wildman–Crippen MR) is 89.0 cm³/mol. The van der Waals surface area contributed by atoms with Crippen molar-refractivity contribution in [2.24, 2.45) is 0 Å². The molecule has 0 radical (unpaired) electrons. The quantitative estimate of drug-likeness (QED) is 0.912. The van der Waals surface area contributed by atoms with E-state index < -0.39 is 0 Å². The van der Waals surface area contributed by atoms with E-state index in [1.165, 1.54) is 0 Å². The van der Waals surface area contributed by atoms with Gasteiger partial charge in [0.2, 0.25) is 5.91 Å². The van der Waals surface area contributed by atoms with Gasteiger partial charge in [0, 0.05) is 12.6 Å². The molecule has 1 amide bonds. The van der Waals surface area contributed by atoms with Gasteiger partial charge < -0.3 is 15.4 Å². The molecule has 0 spiro atoms. The predicted octanol–water partition coefficient (Wildman–Crippen LogP) is 3.05. The lowest BCUT2D eigenvalue weighted by Crippen LogP contribution is -2.26. The highest BCUT2D eigenvalue weighted by Gasteiger charge is 2.27. The van der Waals surface area contributed by atoms with E-state index in [4.69, 9.17) is 4.74 Å². The molecule has 0 aliphatic carbocycles. The first-order valence-corrected chi connectivity index (χ1v) is 6.94. The third-order valence-corrected chi connectivity index (χ3v) is 3.56. The normalized spacial score (nSPS) is 15.8. The van der Waals surface area contributed by atoms with Crippen LogP contribution in [0.25, 0.3) is 0 Å². The summed E-state index contributed by atoms with van der Waals surface area (Å²) in [7, 11) is 1.81. The molecule has 1 unspecified atom stereocenters. The summed E-state index contributed by atoms with van der Waals surface area (Å²) in [5.41, 5.74) is 1.64. The largest absolute Gasteiger partial charge is 0.493 e. The summed E-state index contributed by atoms with van der Waals surface area (Å²) in [6.45, 7) is 0.562. The number of hydrogen-bond acceptors (Lipinski definition) is 4. The van der Waals surface area contributed by atoms with Crippen LogP contribution in [-0.4, -0.2) is 24.5 Å². The molecule has 2 aromatic rings. The van der Waals surface area contributed by atoms with Crippen LogP contribution in [0.4, 0.5) is 11.5 Å². The molecule has 22 heavy (non-hydrogen) atoms. The fourth-order valence-corrected chi connectivity index (χ4v) is 2.46. The van der Waals surface area contributed by atoms with Gasteiger partial charge in [0.25, 0.3) is 0 Å². The van der Waals surface area contributed by atoms with E-state index in [1.807, 2.05) is 36.4 Å². The molecule has 0 saturated heterocycles. The van der Waals surface area contributed by atoms with E-state index in [0.29, 0.717) is 18.7 Å². The van der Waals surface area contributed by atoms with Gasteiger partial charge in [-0.3, -0.25) is 4.79 Å². The Morgan fingerprint density at radius 1 is 1.27 bits per heavy atom. The van der Waals surface area contributed by atoms with Gasteiger partial charge in [0.05, 0.1) is 24.4 Å². The molecule has 1 aliphatic heterocycles. The maximum Gasteiger partial charge on any atom is 0.232 e. The van der Waals surface area contributed by atoms with Crippen LogP contribution in [0.5, 0.6) is 5.75 Å². The topological polar surface area (TPSA) is 63.2 Å². The van der Waals surface area contributed by atoms with Crippen LogP contribution >= 0.6 is 12.4 Å². The van der Waals surface area contributed by atoms with Gasteiger partial charge in [0.1, 0.15) is 11.6 Å².